The molecule has 0 aliphatic rings. The maximum Gasteiger partial charge on any atom is 0.324 e. The predicted molar refractivity (Wildman–Crippen MR) is 74.7 cm³/mol. The number of hydrogen-bond acceptors (Lipinski definition) is 5. The minimum absolute atomic E-state index is 0.0207. The van der Waals surface area contributed by atoms with Gasteiger partial charge in [0.05, 0.1) is 4.90 Å². The minimum atomic E-state index is -3.24. The van der Waals surface area contributed by atoms with Crippen molar-refractivity contribution in [3.8, 4) is 5.75 Å². The largest absolute Gasteiger partial charge is 0.491 e. The van der Waals surface area contributed by atoms with Crippen molar-refractivity contribution in [3.63, 3.8) is 0 Å². The molecule has 0 amide bonds. The molecule has 0 heterocycles. The van der Waals surface area contributed by atoms with Crippen LogP contribution in [0.1, 0.15) is 13.8 Å². The molecule has 1 aromatic rings. The van der Waals surface area contributed by atoms with E-state index in [4.69, 9.17) is 9.84 Å². The summed E-state index contributed by atoms with van der Waals surface area (Å²) in [5, 5.41) is 11.9. The van der Waals surface area contributed by atoms with E-state index in [1.54, 1.807) is 0 Å². The van der Waals surface area contributed by atoms with Crippen molar-refractivity contribution in [2.45, 2.75) is 30.8 Å². The van der Waals surface area contributed by atoms with Crippen LogP contribution >= 0.6 is 0 Å². The SMILES string of the molecule is CC(C)NC(COc1ccc(S(C)(=O)=O)cc1)C(=O)O. The van der Waals surface area contributed by atoms with Gasteiger partial charge in [-0.2, -0.15) is 0 Å². The second-order valence-electron chi connectivity index (χ2n) is 4.77. The van der Waals surface area contributed by atoms with Gasteiger partial charge in [-0.25, -0.2) is 8.42 Å². The molecule has 0 radical (unpaired) electrons. The molecular formula is C13H19NO5S. The number of carboxylic acids is 1. The van der Waals surface area contributed by atoms with E-state index >= 15 is 0 Å². The topological polar surface area (TPSA) is 92.7 Å². The number of ether oxygens (including phenoxy) is 1. The van der Waals surface area contributed by atoms with Crippen LogP contribution in [0.5, 0.6) is 5.75 Å². The summed E-state index contributed by atoms with van der Waals surface area (Å²) in [5.74, 6) is -0.569. The highest BCUT2D eigenvalue weighted by atomic mass is 32.2. The van der Waals surface area contributed by atoms with Crippen molar-refractivity contribution in [2.75, 3.05) is 12.9 Å². The number of rotatable bonds is 7. The molecule has 1 aromatic carbocycles. The first-order valence-electron chi connectivity index (χ1n) is 6.12. The normalized spacial score (nSPS) is 13.2. The summed E-state index contributed by atoms with van der Waals surface area (Å²) in [5.41, 5.74) is 0. The Morgan fingerprint density at radius 3 is 2.25 bits per heavy atom. The van der Waals surface area contributed by atoms with E-state index in [2.05, 4.69) is 5.32 Å². The molecule has 20 heavy (non-hydrogen) atoms. The van der Waals surface area contributed by atoms with E-state index in [0.29, 0.717) is 5.75 Å². The Bertz CT molecular complexity index is 551. The van der Waals surface area contributed by atoms with Gasteiger partial charge in [0, 0.05) is 12.3 Å². The highest BCUT2D eigenvalue weighted by Crippen LogP contribution is 2.16. The third-order valence-electron chi connectivity index (χ3n) is 2.50. The number of hydrogen-bond donors (Lipinski definition) is 2. The number of sulfone groups is 1. The molecule has 0 saturated heterocycles. The van der Waals surface area contributed by atoms with Crippen molar-refractivity contribution >= 4 is 15.8 Å². The Hall–Kier alpha value is -1.60. The molecule has 0 aliphatic carbocycles. The van der Waals surface area contributed by atoms with Crippen molar-refractivity contribution in [2.24, 2.45) is 0 Å². The highest BCUT2D eigenvalue weighted by molar-refractivity contribution is 7.90. The van der Waals surface area contributed by atoms with E-state index in [9.17, 15) is 13.2 Å². The number of carbonyl (C=O) groups is 1. The zero-order chi connectivity index (χ0) is 15.3. The van der Waals surface area contributed by atoms with Crippen LogP contribution < -0.4 is 10.1 Å². The number of aliphatic carboxylic acids is 1. The third kappa shape index (κ3) is 5.18. The van der Waals surface area contributed by atoms with Gasteiger partial charge in [0.15, 0.2) is 9.84 Å². The first-order chi connectivity index (χ1) is 9.20. The van der Waals surface area contributed by atoms with Crippen molar-refractivity contribution in [1.82, 2.24) is 5.32 Å². The maximum absolute atomic E-state index is 11.3. The Labute approximate surface area is 118 Å². The Balaban J connectivity index is 2.67. The van der Waals surface area contributed by atoms with Gasteiger partial charge < -0.3 is 9.84 Å². The van der Waals surface area contributed by atoms with E-state index in [-0.39, 0.29) is 17.5 Å². The Kier molecular flexibility index (Phi) is 5.52. The molecule has 7 heteroatoms. The first kappa shape index (κ1) is 16.5. The van der Waals surface area contributed by atoms with Crippen LogP contribution in [-0.4, -0.2) is 44.4 Å². The molecule has 0 spiro atoms. The van der Waals surface area contributed by atoms with Gasteiger partial charge in [-0.3, -0.25) is 10.1 Å². The standard InChI is InChI=1S/C13H19NO5S/c1-9(2)14-12(13(15)16)8-19-10-4-6-11(7-5-10)20(3,17)18/h4-7,9,12,14H,8H2,1-3H3,(H,15,16). The molecule has 2 N–H and O–H groups in total. The monoisotopic (exact) mass is 301 g/mol. The molecule has 1 unspecified atom stereocenters. The summed E-state index contributed by atoms with van der Waals surface area (Å²) in [4.78, 5) is 11.2. The van der Waals surface area contributed by atoms with Crippen LogP contribution in [0.25, 0.3) is 0 Å². The fourth-order valence-electron chi connectivity index (χ4n) is 1.56. The molecule has 0 aromatic heterocycles. The van der Waals surface area contributed by atoms with Crippen molar-refractivity contribution in [3.05, 3.63) is 24.3 Å². The zero-order valence-electron chi connectivity index (χ0n) is 11.7. The lowest BCUT2D eigenvalue weighted by molar-refractivity contribution is -0.140. The van der Waals surface area contributed by atoms with E-state index in [1.165, 1.54) is 24.3 Å². The maximum atomic E-state index is 11.3. The van der Waals surface area contributed by atoms with Crippen molar-refractivity contribution in [1.29, 1.82) is 0 Å². The van der Waals surface area contributed by atoms with Gasteiger partial charge in [-0.05, 0) is 24.3 Å². The van der Waals surface area contributed by atoms with E-state index in [1.807, 2.05) is 13.8 Å². The van der Waals surface area contributed by atoms with Gasteiger partial charge in [0.25, 0.3) is 0 Å². The number of carboxylic acid groups (broad SMARTS) is 1. The molecule has 112 valence electrons. The predicted octanol–water partition coefficient (Wildman–Crippen LogP) is 0.920. The molecule has 0 bridgehead atoms. The summed E-state index contributed by atoms with van der Waals surface area (Å²) in [6, 6.07) is 5.07. The summed E-state index contributed by atoms with van der Waals surface area (Å²) in [7, 11) is -3.24. The lowest BCUT2D eigenvalue weighted by atomic mass is 10.2. The van der Waals surface area contributed by atoms with Gasteiger partial charge in [0.1, 0.15) is 18.4 Å². The molecule has 0 fully saturated rings. The second-order valence-corrected chi connectivity index (χ2v) is 6.78. The van der Waals surface area contributed by atoms with E-state index in [0.717, 1.165) is 6.26 Å². The van der Waals surface area contributed by atoms with Crippen LogP contribution in [0.2, 0.25) is 0 Å². The van der Waals surface area contributed by atoms with Crippen LogP contribution in [-0.2, 0) is 14.6 Å². The molecule has 1 rings (SSSR count). The van der Waals surface area contributed by atoms with Crippen LogP contribution in [0.3, 0.4) is 0 Å². The van der Waals surface area contributed by atoms with E-state index < -0.39 is 21.8 Å². The fourth-order valence-corrected chi connectivity index (χ4v) is 2.19. The number of benzene rings is 1. The summed E-state index contributed by atoms with van der Waals surface area (Å²) in [6.07, 6.45) is 1.12. The molecule has 6 nitrogen and oxygen atoms in total. The fraction of sp³-hybridized carbons (Fsp3) is 0.462. The smallest absolute Gasteiger partial charge is 0.324 e. The average molecular weight is 301 g/mol. The third-order valence-corrected chi connectivity index (χ3v) is 3.63. The molecule has 1 atom stereocenters. The van der Waals surface area contributed by atoms with Gasteiger partial charge in [-0.15, -0.1) is 0 Å². The quantitative estimate of drug-likeness (QED) is 0.778. The Morgan fingerprint density at radius 2 is 1.85 bits per heavy atom. The lowest BCUT2D eigenvalue weighted by Gasteiger charge is -2.17. The van der Waals surface area contributed by atoms with Crippen LogP contribution in [0.4, 0.5) is 0 Å². The molecule has 0 aliphatic heterocycles. The van der Waals surface area contributed by atoms with Gasteiger partial charge >= 0.3 is 5.97 Å². The lowest BCUT2D eigenvalue weighted by Crippen LogP contribution is -2.44. The molecule has 0 saturated carbocycles. The molecular weight excluding hydrogens is 282 g/mol. The minimum Gasteiger partial charge on any atom is -0.491 e. The van der Waals surface area contributed by atoms with Crippen LogP contribution in [0.15, 0.2) is 29.2 Å². The second kappa shape index (κ2) is 6.71. The summed E-state index contributed by atoms with van der Waals surface area (Å²) >= 11 is 0. The first-order valence-corrected chi connectivity index (χ1v) is 8.01. The summed E-state index contributed by atoms with van der Waals surface area (Å²) < 4.78 is 27.9. The van der Waals surface area contributed by atoms with Gasteiger partial charge in [-0.1, -0.05) is 13.8 Å². The van der Waals surface area contributed by atoms with Crippen molar-refractivity contribution < 1.29 is 23.1 Å². The number of nitrogens with one attached hydrogen (secondary N) is 1. The zero-order valence-corrected chi connectivity index (χ0v) is 12.5. The highest BCUT2D eigenvalue weighted by Gasteiger charge is 2.18. The van der Waals surface area contributed by atoms with Gasteiger partial charge in [0.2, 0.25) is 0 Å². The average Bonchev–Trinajstić information content (AvgIpc) is 2.33. The Morgan fingerprint density at radius 1 is 1.30 bits per heavy atom. The summed E-state index contributed by atoms with van der Waals surface area (Å²) in [6.45, 7) is 3.65. The van der Waals surface area contributed by atoms with Crippen LogP contribution in [0, 0.1) is 0 Å².